The molecule has 31 heavy (non-hydrogen) atoms. The van der Waals surface area contributed by atoms with Gasteiger partial charge in [0.05, 0.1) is 6.61 Å². The Balaban J connectivity index is 1.85. The van der Waals surface area contributed by atoms with Crippen LogP contribution in [-0.2, 0) is 6.54 Å². The van der Waals surface area contributed by atoms with Crippen LogP contribution in [0.15, 0.2) is 24.3 Å². The second kappa shape index (κ2) is 10.5. The molecule has 0 radical (unpaired) electrons. The minimum Gasteiger partial charge on any atom is -0.494 e. The minimum absolute atomic E-state index is 0.0715. The Labute approximate surface area is 195 Å². The molecular formula is C26H43N3OS. The van der Waals surface area contributed by atoms with Crippen LogP contribution in [0, 0.1) is 0 Å². The Bertz CT molecular complexity index is 709. The Morgan fingerprint density at radius 3 is 2.29 bits per heavy atom. The number of thiocarbonyl (C=S) groups is 1. The van der Waals surface area contributed by atoms with E-state index in [2.05, 4.69) is 67.5 Å². The van der Waals surface area contributed by atoms with Gasteiger partial charge in [0.15, 0.2) is 5.11 Å². The van der Waals surface area contributed by atoms with E-state index in [-0.39, 0.29) is 11.1 Å². The summed E-state index contributed by atoms with van der Waals surface area (Å²) in [6.45, 7) is 12.8. The molecule has 3 rings (SSSR count). The second-order valence-corrected chi connectivity index (χ2v) is 11.1. The monoisotopic (exact) mass is 445 g/mol. The molecule has 4 nitrogen and oxygen atoms in total. The summed E-state index contributed by atoms with van der Waals surface area (Å²) in [4.78, 5) is 2.46. The number of ether oxygens (including phenoxy) is 1. The van der Waals surface area contributed by atoms with Gasteiger partial charge in [-0.25, -0.2) is 0 Å². The summed E-state index contributed by atoms with van der Waals surface area (Å²) in [5, 5.41) is 8.52. The lowest BCUT2D eigenvalue weighted by molar-refractivity contribution is 0.0986. The molecule has 1 saturated carbocycles. The van der Waals surface area contributed by atoms with E-state index in [1.807, 2.05) is 6.92 Å². The SMILES string of the molecule is CCOc1ccccc1CN(C(=S)NC1CCCCCC1)C1CC(C)(C)NC(C)(C)C1. The molecule has 0 amide bonds. The first-order valence-electron chi connectivity index (χ1n) is 12.3. The molecule has 1 aliphatic heterocycles. The van der Waals surface area contributed by atoms with Crippen molar-refractivity contribution in [1.29, 1.82) is 0 Å². The summed E-state index contributed by atoms with van der Waals surface area (Å²) in [5.74, 6) is 0.972. The van der Waals surface area contributed by atoms with Gasteiger partial charge in [0, 0.05) is 35.3 Å². The largest absolute Gasteiger partial charge is 0.494 e. The van der Waals surface area contributed by atoms with Crippen molar-refractivity contribution in [3.05, 3.63) is 29.8 Å². The highest BCUT2D eigenvalue weighted by molar-refractivity contribution is 7.80. The molecule has 0 bridgehead atoms. The zero-order chi connectivity index (χ0) is 22.5. The maximum absolute atomic E-state index is 6.09. The lowest BCUT2D eigenvalue weighted by Crippen LogP contribution is -2.63. The molecule has 1 saturated heterocycles. The molecule has 0 spiro atoms. The molecule has 0 atom stereocenters. The van der Waals surface area contributed by atoms with E-state index in [1.165, 1.54) is 44.1 Å². The molecule has 0 unspecified atom stereocenters. The number of rotatable bonds is 6. The predicted molar refractivity (Wildman–Crippen MR) is 135 cm³/mol. The van der Waals surface area contributed by atoms with Gasteiger partial charge in [-0.05, 0) is 78.6 Å². The maximum Gasteiger partial charge on any atom is 0.169 e. The highest BCUT2D eigenvalue weighted by Gasteiger charge is 2.41. The van der Waals surface area contributed by atoms with Crippen LogP contribution in [0.4, 0.5) is 0 Å². The van der Waals surface area contributed by atoms with Gasteiger partial charge in [-0.3, -0.25) is 0 Å². The van der Waals surface area contributed by atoms with Crippen LogP contribution in [0.5, 0.6) is 5.75 Å². The Hall–Kier alpha value is -1.33. The van der Waals surface area contributed by atoms with Crippen molar-refractivity contribution in [3.8, 4) is 5.75 Å². The predicted octanol–water partition coefficient (Wildman–Crippen LogP) is 5.79. The highest BCUT2D eigenvalue weighted by atomic mass is 32.1. The number of hydrogen-bond donors (Lipinski definition) is 2. The number of piperidine rings is 1. The number of nitrogens with zero attached hydrogens (tertiary/aromatic N) is 1. The van der Waals surface area contributed by atoms with Crippen molar-refractivity contribution in [1.82, 2.24) is 15.5 Å². The lowest BCUT2D eigenvalue weighted by atomic mass is 9.79. The fourth-order valence-corrected chi connectivity index (χ4v) is 6.03. The van der Waals surface area contributed by atoms with E-state index in [0.29, 0.717) is 18.7 Å². The molecule has 1 heterocycles. The Kier molecular flexibility index (Phi) is 8.25. The number of benzene rings is 1. The summed E-state index contributed by atoms with van der Waals surface area (Å²) in [7, 11) is 0. The van der Waals surface area contributed by atoms with Crippen LogP contribution in [0.1, 0.15) is 91.5 Å². The van der Waals surface area contributed by atoms with Crippen LogP contribution in [0.2, 0.25) is 0 Å². The first-order valence-corrected chi connectivity index (χ1v) is 12.7. The third-order valence-corrected chi connectivity index (χ3v) is 7.02. The van der Waals surface area contributed by atoms with Gasteiger partial charge in [-0.1, -0.05) is 43.9 Å². The molecule has 1 aliphatic carbocycles. The van der Waals surface area contributed by atoms with Gasteiger partial charge in [-0.2, -0.15) is 0 Å². The summed E-state index contributed by atoms with van der Waals surface area (Å²) < 4.78 is 5.95. The minimum atomic E-state index is 0.0715. The first kappa shape index (κ1) is 24.3. The second-order valence-electron chi connectivity index (χ2n) is 10.8. The summed E-state index contributed by atoms with van der Waals surface area (Å²) in [6.07, 6.45) is 9.92. The zero-order valence-corrected chi connectivity index (χ0v) is 21.1. The smallest absolute Gasteiger partial charge is 0.169 e. The number of para-hydroxylation sites is 1. The van der Waals surface area contributed by atoms with E-state index in [1.54, 1.807) is 0 Å². The molecule has 174 valence electrons. The summed E-state index contributed by atoms with van der Waals surface area (Å²) in [6, 6.07) is 9.30. The Morgan fingerprint density at radius 1 is 1.06 bits per heavy atom. The molecular weight excluding hydrogens is 402 g/mol. The van der Waals surface area contributed by atoms with E-state index >= 15 is 0 Å². The molecule has 0 aromatic heterocycles. The van der Waals surface area contributed by atoms with Crippen LogP contribution in [0.3, 0.4) is 0 Å². The molecule has 2 aliphatic rings. The van der Waals surface area contributed by atoms with Crippen molar-refractivity contribution in [2.75, 3.05) is 6.61 Å². The number of hydrogen-bond acceptors (Lipinski definition) is 3. The van der Waals surface area contributed by atoms with Gasteiger partial charge in [-0.15, -0.1) is 0 Å². The molecule has 1 aromatic carbocycles. The van der Waals surface area contributed by atoms with E-state index in [0.717, 1.165) is 30.2 Å². The molecule has 2 fully saturated rings. The third-order valence-electron chi connectivity index (χ3n) is 6.67. The third kappa shape index (κ3) is 7.08. The van der Waals surface area contributed by atoms with Crippen LogP contribution >= 0.6 is 12.2 Å². The van der Waals surface area contributed by atoms with Gasteiger partial charge in [0.25, 0.3) is 0 Å². The standard InChI is InChI=1S/C26H43N3OS/c1-6-30-23-16-12-11-13-20(23)19-29(22-17-25(2,3)28-26(4,5)18-22)24(31)27-21-14-9-7-8-10-15-21/h11-13,16,21-22,28H,6-10,14-15,17-19H2,1-5H3,(H,27,31). The zero-order valence-electron chi connectivity index (χ0n) is 20.3. The molecule has 5 heteroatoms. The lowest BCUT2D eigenvalue weighted by Gasteiger charge is -2.50. The van der Waals surface area contributed by atoms with Crippen molar-refractivity contribution < 1.29 is 4.74 Å². The van der Waals surface area contributed by atoms with Gasteiger partial charge < -0.3 is 20.3 Å². The fraction of sp³-hybridized carbons (Fsp3) is 0.731. The molecule has 2 N–H and O–H groups in total. The normalized spacial score (nSPS) is 21.8. The van der Waals surface area contributed by atoms with E-state index < -0.39 is 0 Å². The van der Waals surface area contributed by atoms with Gasteiger partial charge in [0.1, 0.15) is 5.75 Å². The summed E-state index contributed by atoms with van der Waals surface area (Å²) >= 11 is 6.09. The van der Waals surface area contributed by atoms with E-state index in [9.17, 15) is 0 Å². The highest BCUT2D eigenvalue weighted by Crippen LogP contribution is 2.33. The van der Waals surface area contributed by atoms with E-state index in [4.69, 9.17) is 17.0 Å². The maximum atomic E-state index is 6.09. The van der Waals surface area contributed by atoms with Crippen molar-refractivity contribution in [2.24, 2.45) is 0 Å². The topological polar surface area (TPSA) is 36.5 Å². The van der Waals surface area contributed by atoms with Gasteiger partial charge in [0.2, 0.25) is 0 Å². The van der Waals surface area contributed by atoms with Crippen molar-refractivity contribution in [2.45, 2.75) is 116 Å². The van der Waals surface area contributed by atoms with Gasteiger partial charge >= 0.3 is 0 Å². The van der Waals surface area contributed by atoms with Crippen molar-refractivity contribution in [3.63, 3.8) is 0 Å². The average Bonchev–Trinajstić information content (AvgIpc) is 2.93. The number of nitrogens with one attached hydrogen (secondary N) is 2. The molecule has 1 aromatic rings. The first-order chi connectivity index (χ1) is 14.7. The quantitative estimate of drug-likeness (QED) is 0.428. The average molecular weight is 446 g/mol. The van der Waals surface area contributed by atoms with Crippen molar-refractivity contribution >= 4 is 17.3 Å². The van der Waals surface area contributed by atoms with Crippen LogP contribution < -0.4 is 15.4 Å². The van der Waals surface area contributed by atoms with Crippen LogP contribution in [0.25, 0.3) is 0 Å². The Morgan fingerprint density at radius 2 is 1.68 bits per heavy atom. The fourth-order valence-electron chi connectivity index (χ4n) is 5.65. The van der Waals surface area contributed by atoms with Crippen LogP contribution in [-0.4, -0.2) is 39.8 Å². The summed E-state index contributed by atoms with van der Waals surface area (Å²) in [5.41, 5.74) is 1.35.